The molecule has 0 atom stereocenters. The van der Waals surface area contributed by atoms with Gasteiger partial charge in [-0.3, -0.25) is 0 Å². The molecule has 0 radical (unpaired) electrons. The minimum absolute atomic E-state index is 0.151. The molecule has 1 rings (SSSR count). The molecule has 0 saturated carbocycles. The molecule has 0 bridgehead atoms. The molecule has 9 heteroatoms. The summed E-state index contributed by atoms with van der Waals surface area (Å²) in [6, 6.07) is 1.97. The summed E-state index contributed by atoms with van der Waals surface area (Å²) in [6.45, 7) is 4.82. The molecule has 0 aliphatic rings. The number of hydrogen-bond acceptors (Lipinski definition) is 2. The number of alkyl halides is 6. The Hall–Kier alpha value is -0.960. The zero-order valence-corrected chi connectivity index (χ0v) is 13.4. The summed E-state index contributed by atoms with van der Waals surface area (Å²) in [4.78, 5) is 0. The predicted octanol–water partition coefficient (Wildman–Crippen LogP) is 4.64. The predicted molar refractivity (Wildman–Crippen MR) is 73.3 cm³/mol. The van der Waals surface area contributed by atoms with Crippen LogP contribution in [0.5, 0.6) is 0 Å². The molecule has 0 heterocycles. The van der Waals surface area contributed by atoms with Crippen LogP contribution in [0, 0.1) is 0 Å². The zero-order chi connectivity index (χ0) is 17.7. The Bertz CT molecular complexity index is 560. The molecule has 0 amide bonds. The molecule has 3 N–H and O–H groups in total. The van der Waals surface area contributed by atoms with E-state index >= 15 is 0 Å². The Balaban J connectivity index is 3.82. The Morgan fingerprint density at radius 3 is 1.68 bits per heavy atom. The fourth-order valence-corrected chi connectivity index (χ4v) is 2.28. The van der Waals surface area contributed by atoms with Crippen molar-refractivity contribution in [1.29, 1.82) is 0 Å². The average Bonchev–Trinajstić information content (AvgIpc) is 2.27. The summed E-state index contributed by atoms with van der Waals surface area (Å²) in [5.41, 5.74) is -2.52. The van der Waals surface area contributed by atoms with Crippen molar-refractivity contribution < 1.29 is 31.4 Å². The fourth-order valence-electron chi connectivity index (χ4n) is 1.82. The van der Waals surface area contributed by atoms with Gasteiger partial charge in [0.1, 0.15) is 0 Å². The first-order valence-electron chi connectivity index (χ1n) is 5.99. The molecule has 1 aromatic carbocycles. The summed E-state index contributed by atoms with van der Waals surface area (Å²) < 4.78 is 77.8. The second-order valence-corrected chi connectivity index (χ2v) is 6.73. The van der Waals surface area contributed by atoms with E-state index in [2.05, 4.69) is 15.9 Å². The van der Waals surface area contributed by atoms with Gasteiger partial charge in [-0.05, 0) is 39.0 Å². The van der Waals surface area contributed by atoms with Crippen LogP contribution >= 0.6 is 15.9 Å². The second-order valence-electron chi connectivity index (χ2n) is 5.88. The van der Waals surface area contributed by atoms with E-state index in [-0.39, 0.29) is 10.0 Å². The molecule has 0 aliphatic carbocycles. The molecule has 0 aliphatic heterocycles. The van der Waals surface area contributed by atoms with Gasteiger partial charge in [0, 0.05) is 10.0 Å². The standard InChI is InChI=1S/C13H14BrF6NO/c1-10(2,3)6-4-7(9(21)8(14)5-6)11(22,12(15,16)17)13(18,19)20/h4-5,22H,21H2,1-3H3. The average molecular weight is 394 g/mol. The van der Waals surface area contributed by atoms with Crippen molar-refractivity contribution in [2.24, 2.45) is 0 Å². The lowest BCUT2D eigenvalue weighted by molar-refractivity contribution is -0.376. The lowest BCUT2D eigenvalue weighted by Gasteiger charge is -2.34. The first-order chi connectivity index (χ1) is 9.53. The van der Waals surface area contributed by atoms with Crippen LogP contribution in [-0.4, -0.2) is 17.5 Å². The Morgan fingerprint density at radius 1 is 0.955 bits per heavy atom. The van der Waals surface area contributed by atoms with Gasteiger partial charge in [0.05, 0.1) is 5.69 Å². The molecule has 0 unspecified atom stereocenters. The number of hydrogen-bond donors (Lipinski definition) is 2. The van der Waals surface area contributed by atoms with Crippen LogP contribution in [0.2, 0.25) is 0 Å². The third-order valence-electron chi connectivity index (χ3n) is 3.21. The highest BCUT2D eigenvalue weighted by atomic mass is 79.9. The molecular weight excluding hydrogens is 380 g/mol. The van der Waals surface area contributed by atoms with E-state index in [0.29, 0.717) is 6.07 Å². The SMILES string of the molecule is CC(C)(C)c1cc(Br)c(N)c(C(O)(C(F)(F)F)C(F)(F)F)c1. The number of halogens is 7. The Labute approximate surface area is 131 Å². The van der Waals surface area contributed by atoms with Crippen molar-refractivity contribution in [2.75, 3.05) is 5.73 Å². The Kier molecular flexibility index (Phi) is 4.59. The van der Waals surface area contributed by atoms with Gasteiger partial charge in [-0.2, -0.15) is 26.3 Å². The lowest BCUT2D eigenvalue weighted by atomic mass is 9.82. The zero-order valence-electron chi connectivity index (χ0n) is 11.8. The number of aliphatic hydroxyl groups is 1. The van der Waals surface area contributed by atoms with Gasteiger partial charge in [0.25, 0.3) is 5.60 Å². The monoisotopic (exact) mass is 393 g/mol. The van der Waals surface area contributed by atoms with Crippen LogP contribution in [0.1, 0.15) is 31.9 Å². The van der Waals surface area contributed by atoms with Crippen molar-refractivity contribution >= 4 is 21.6 Å². The first kappa shape index (κ1) is 19.1. The lowest BCUT2D eigenvalue weighted by Crippen LogP contribution is -2.54. The first-order valence-corrected chi connectivity index (χ1v) is 6.78. The van der Waals surface area contributed by atoms with Crippen LogP contribution in [0.4, 0.5) is 32.0 Å². The topological polar surface area (TPSA) is 46.2 Å². The maximum Gasteiger partial charge on any atom is 0.430 e. The molecule has 22 heavy (non-hydrogen) atoms. The van der Waals surface area contributed by atoms with E-state index in [4.69, 9.17) is 5.73 Å². The van der Waals surface area contributed by atoms with Gasteiger partial charge in [-0.15, -0.1) is 0 Å². The van der Waals surface area contributed by atoms with Crippen molar-refractivity contribution in [3.8, 4) is 0 Å². The van der Waals surface area contributed by atoms with Gasteiger partial charge >= 0.3 is 12.4 Å². The van der Waals surface area contributed by atoms with E-state index in [1.165, 1.54) is 6.07 Å². The molecular formula is C13H14BrF6NO. The van der Waals surface area contributed by atoms with Crippen LogP contribution < -0.4 is 5.73 Å². The van der Waals surface area contributed by atoms with Gasteiger partial charge in [0.2, 0.25) is 0 Å². The van der Waals surface area contributed by atoms with E-state index in [1.54, 1.807) is 20.8 Å². The number of nitrogens with two attached hydrogens (primary N) is 1. The summed E-state index contributed by atoms with van der Waals surface area (Å²) in [6.07, 6.45) is -12.0. The second kappa shape index (κ2) is 5.30. The van der Waals surface area contributed by atoms with E-state index in [9.17, 15) is 31.4 Å². The minimum Gasteiger partial charge on any atom is -0.397 e. The summed E-state index contributed by atoms with van der Waals surface area (Å²) in [5, 5.41) is 9.50. The number of anilines is 1. The third-order valence-corrected chi connectivity index (χ3v) is 3.86. The third kappa shape index (κ3) is 3.05. The molecule has 0 aromatic heterocycles. The minimum atomic E-state index is -5.98. The summed E-state index contributed by atoms with van der Waals surface area (Å²) in [5.74, 6) is 0. The normalized spacial score (nSPS) is 14.3. The highest BCUT2D eigenvalue weighted by Crippen LogP contribution is 2.53. The van der Waals surface area contributed by atoms with Crippen LogP contribution in [0.15, 0.2) is 16.6 Å². The molecule has 126 valence electrons. The van der Waals surface area contributed by atoms with Crippen molar-refractivity contribution in [3.63, 3.8) is 0 Å². The molecule has 0 spiro atoms. The highest BCUT2D eigenvalue weighted by Gasteiger charge is 2.72. The smallest absolute Gasteiger partial charge is 0.397 e. The number of benzene rings is 1. The van der Waals surface area contributed by atoms with Gasteiger partial charge in [0.15, 0.2) is 0 Å². The number of nitrogen functional groups attached to an aromatic ring is 1. The molecule has 2 nitrogen and oxygen atoms in total. The van der Waals surface area contributed by atoms with Gasteiger partial charge in [-0.1, -0.05) is 20.8 Å². The van der Waals surface area contributed by atoms with Crippen LogP contribution in [0.25, 0.3) is 0 Å². The molecule has 0 saturated heterocycles. The number of rotatable bonds is 1. The molecule has 1 aromatic rings. The van der Waals surface area contributed by atoms with Crippen LogP contribution in [-0.2, 0) is 11.0 Å². The van der Waals surface area contributed by atoms with Crippen LogP contribution in [0.3, 0.4) is 0 Å². The van der Waals surface area contributed by atoms with E-state index < -0.39 is 34.6 Å². The maximum absolute atomic E-state index is 13.0. The largest absolute Gasteiger partial charge is 0.430 e. The fraction of sp³-hybridized carbons (Fsp3) is 0.538. The Morgan fingerprint density at radius 2 is 1.36 bits per heavy atom. The van der Waals surface area contributed by atoms with Crippen molar-refractivity contribution in [3.05, 3.63) is 27.7 Å². The van der Waals surface area contributed by atoms with E-state index in [0.717, 1.165) is 0 Å². The van der Waals surface area contributed by atoms with E-state index in [1.807, 2.05) is 0 Å². The quantitative estimate of drug-likeness (QED) is 0.539. The molecule has 0 fully saturated rings. The van der Waals surface area contributed by atoms with Gasteiger partial charge in [-0.25, -0.2) is 0 Å². The van der Waals surface area contributed by atoms with Crippen molar-refractivity contribution in [1.82, 2.24) is 0 Å². The maximum atomic E-state index is 13.0. The van der Waals surface area contributed by atoms with Crippen molar-refractivity contribution in [2.45, 2.75) is 44.1 Å². The summed E-state index contributed by atoms with van der Waals surface area (Å²) in [7, 11) is 0. The van der Waals surface area contributed by atoms with Gasteiger partial charge < -0.3 is 10.8 Å². The highest BCUT2D eigenvalue weighted by molar-refractivity contribution is 9.10. The summed E-state index contributed by atoms with van der Waals surface area (Å²) >= 11 is 2.84.